The summed E-state index contributed by atoms with van der Waals surface area (Å²) >= 11 is 0. The van der Waals surface area contributed by atoms with Crippen molar-refractivity contribution in [3.63, 3.8) is 0 Å². The highest BCUT2D eigenvalue weighted by atomic mass is 16.5. The monoisotopic (exact) mass is 421 g/mol. The summed E-state index contributed by atoms with van der Waals surface area (Å²) in [5.74, 6) is 1.08. The molecule has 4 rings (SSSR count). The van der Waals surface area contributed by atoms with E-state index in [1.807, 2.05) is 30.3 Å². The minimum atomic E-state index is -0.435. The average Bonchev–Trinajstić information content (AvgIpc) is 3.50. The number of benzene rings is 1. The Morgan fingerprint density at radius 2 is 2.16 bits per heavy atom. The van der Waals surface area contributed by atoms with Crippen molar-refractivity contribution in [3.8, 4) is 17.1 Å². The Balaban J connectivity index is 1.34. The molecule has 0 radical (unpaired) electrons. The number of aromatic nitrogens is 4. The second-order valence-electron chi connectivity index (χ2n) is 6.97. The van der Waals surface area contributed by atoms with E-state index < -0.39 is 6.04 Å². The summed E-state index contributed by atoms with van der Waals surface area (Å²) in [6.45, 7) is 0.670. The van der Waals surface area contributed by atoms with E-state index in [9.17, 15) is 4.79 Å². The number of carbonyl (C=O) groups excluding carboxylic acids is 1. The maximum atomic E-state index is 11.8. The third kappa shape index (κ3) is 4.79. The highest BCUT2D eigenvalue weighted by Crippen LogP contribution is 2.30. The lowest BCUT2D eigenvalue weighted by Crippen LogP contribution is -2.19. The summed E-state index contributed by atoms with van der Waals surface area (Å²) in [5, 5.41) is 1.00. The summed E-state index contributed by atoms with van der Waals surface area (Å²) in [4.78, 5) is 27.9. The van der Waals surface area contributed by atoms with Crippen molar-refractivity contribution in [3.05, 3.63) is 60.7 Å². The Kier molecular flexibility index (Phi) is 6.34. The number of ether oxygens (including phenoxy) is 2. The predicted molar refractivity (Wildman–Crippen MR) is 114 cm³/mol. The number of nitrogens with one attached hydrogen (secondary N) is 1. The Morgan fingerprint density at radius 3 is 2.97 bits per heavy atom. The van der Waals surface area contributed by atoms with Crippen LogP contribution >= 0.6 is 0 Å². The molecule has 4 aromatic rings. The van der Waals surface area contributed by atoms with Gasteiger partial charge in [-0.3, -0.25) is 4.79 Å². The van der Waals surface area contributed by atoms with E-state index in [1.54, 1.807) is 13.3 Å². The highest BCUT2D eigenvalue weighted by Gasteiger charge is 2.16. The van der Waals surface area contributed by atoms with Crippen LogP contribution in [0.25, 0.3) is 22.2 Å². The first-order chi connectivity index (χ1) is 15.2. The van der Waals surface area contributed by atoms with Gasteiger partial charge in [0.15, 0.2) is 0 Å². The second kappa shape index (κ2) is 9.50. The fourth-order valence-electron chi connectivity index (χ4n) is 3.20. The zero-order chi connectivity index (χ0) is 21.6. The Labute approximate surface area is 178 Å². The Bertz CT molecular complexity index is 1160. The van der Waals surface area contributed by atoms with E-state index >= 15 is 0 Å². The van der Waals surface area contributed by atoms with Gasteiger partial charge in [0.2, 0.25) is 11.7 Å². The van der Waals surface area contributed by atoms with Gasteiger partial charge in [0.25, 0.3) is 5.89 Å². The number of ketones is 1. The molecule has 3 heterocycles. The second-order valence-corrected chi connectivity index (χ2v) is 6.97. The number of hydrogen-bond donors (Lipinski definition) is 2. The minimum absolute atomic E-state index is 0.124. The van der Waals surface area contributed by atoms with Gasteiger partial charge in [0, 0.05) is 18.4 Å². The molecule has 0 fully saturated rings. The lowest BCUT2D eigenvalue weighted by Gasteiger charge is -2.10. The van der Waals surface area contributed by atoms with Crippen LogP contribution in [-0.4, -0.2) is 46.0 Å². The Morgan fingerprint density at radius 1 is 1.29 bits per heavy atom. The van der Waals surface area contributed by atoms with E-state index in [-0.39, 0.29) is 18.3 Å². The number of fused-ring (bicyclic) bond motifs is 1. The molecule has 31 heavy (non-hydrogen) atoms. The van der Waals surface area contributed by atoms with Gasteiger partial charge in [-0.2, -0.15) is 0 Å². The van der Waals surface area contributed by atoms with Gasteiger partial charge in [0.05, 0.1) is 48.9 Å². The van der Waals surface area contributed by atoms with Crippen LogP contribution < -0.4 is 10.5 Å². The molecule has 0 aliphatic carbocycles. The molecule has 0 amide bonds. The number of nitrogens with zero attached hydrogens (tertiary/aromatic N) is 3. The van der Waals surface area contributed by atoms with Crippen LogP contribution in [0.4, 0.5) is 0 Å². The van der Waals surface area contributed by atoms with Crippen molar-refractivity contribution >= 4 is 16.7 Å². The molecule has 0 aliphatic heterocycles. The topological polar surface area (TPSA) is 129 Å². The number of hydrogen-bond acceptors (Lipinski definition) is 8. The number of nitrogens with two attached hydrogens (primary N) is 1. The van der Waals surface area contributed by atoms with Gasteiger partial charge in [-0.05, 0) is 18.6 Å². The lowest BCUT2D eigenvalue weighted by atomic mass is 10.1. The zero-order valence-corrected chi connectivity index (χ0v) is 17.1. The number of aromatic amines is 1. The van der Waals surface area contributed by atoms with E-state index in [1.165, 1.54) is 12.5 Å². The molecule has 1 aromatic carbocycles. The molecule has 0 saturated carbocycles. The van der Waals surface area contributed by atoms with Crippen LogP contribution in [0.2, 0.25) is 0 Å². The zero-order valence-electron chi connectivity index (χ0n) is 17.1. The summed E-state index contributed by atoms with van der Waals surface area (Å²) in [7, 11) is 1.59. The average molecular weight is 421 g/mol. The van der Waals surface area contributed by atoms with Gasteiger partial charge >= 0.3 is 0 Å². The maximum absolute atomic E-state index is 11.8. The number of oxazole rings is 1. The molecule has 9 heteroatoms. The number of Topliss-reactive ketones (excluding diaryl/α,β-unsaturated/α-hetero) is 1. The first kappa shape index (κ1) is 20.7. The highest BCUT2D eigenvalue weighted by molar-refractivity contribution is 5.91. The van der Waals surface area contributed by atoms with Gasteiger partial charge in [-0.15, -0.1) is 0 Å². The van der Waals surface area contributed by atoms with E-state index in [2.05, 4.69) is 19.9 Å². The fourth-order valence-corrected chi connectivity index (χ4v) is 3.20. The van der Waals surface area contributed by atoms with Crippen LogP contribution in [0, 0.1) is 0 Å². The number of carbonyl (C=O) groups is 1. The molecule has 0 bridgehead atoms. The molecule has 1 unspecified atom stereocenters. The van der Waals surface area contributed by atoms with Crippen LogP contribution in [0.1, 0.15) is 35.4 Å². The van der Waals surface area contributed by atoms with Crippen LogP contribution in [0.15, 0.2) is 53.4 Å². The molecule has 0 spiro atoms. The molecule has 3 aromatic heterocycles. The third-order valence-electron chi connectivity index (χ3n) is 4.78. The molecular formula is C22H23N5O4. The molecule has 160 valence electrons. The smallest absolute Gasteiger partial charge is 0.263 e. The fraction of sp³-hybridized carbons (Fsp3) is 0.273. The SMILES string of the molecule is COc1nc2ccccc2cc1-c1cnc(C(N)COCCCC(=O)c2ncco2)[nH]1. The van der Waals surface area contributed by atoms with Crippen molar-refractivity contribution in [2.45, 2.75) is 18.9 Å². The van der Waals surface area contributed by atoms with E-state index in [4.69, 9.17) is 19.6 Å². The summed E-state index contributed by atoms with van der Waals surface area (Å²) in [6, 6.07) is 9.40. The summed E-state index contributed by atoms with van der Waals surface area (Å²) in [5.41, 5.74) is 8.63. The van der Waals surface area contributed by atoms with Crippen molar-refractivity contribution < 1.29 is 18.7 Å². The van der Waals surface area contributed by atoms with Crippen molar-refractivity contribution in [1.82, 2.24) is 19.9 Å². The minimum Gasteiger partial charge on any atom is -0.480 e. The van der Waals surface area contributed by atoms with Crippen molar-refractivity contribution in [2.24, 2.45) is 5.73 Å². The first-order valence-electron chi connectivity index (χ1n) is 9.91. The van der Waals surface area contributed by atoms with E-state index in [0.29, 0.717) is 31.2 Å². The lowest BCUT2D eigenvalue weighted by molar-refractivity contribution is 0.0890. The maximum Gasteiger partial charge on any atom is 0.263 e. The molecule has 9 nitrogen and oxygen atoms in total. The number of pyridine rings is 1. The predicted octanol–water partition coefficient (Wildman–Crippen LogP) is 3.30. The standard InChI is InChI=1S/C22H23N5O4/c1-29-21-15(11-14-5-2-3-6-17(14)27-21)18-12-25-20(26-18)16(23)13-30-9-4-7-19(28)22-24-8-10-31-22/h2-3,5-6,8,10-12,16H,4,7,9,13,23H2,1H3,(H,25,26). The van der Waals surface area contributed by atoms with Crippen molar-refractivity contribution in [1.29, 1.82) is 0 Å². The van der Waals surface area contributed by atoms with E-state index in [0.717, 1.165) is 22.2 Å². The number of imidazole rings is 1. The molecule has 1 atom stereocenters. The Hall–Kier alpha value is -3.56. The number of para-hydroxylation sites is 1. The van der Waals surface area contributed by atoms with Crippen LogP contribution in [0.5, 0.6) is 5.88 Å². The van der Waals surface area contributed by atoms with Gasteiger partial charge < -0.3 is 24.6 Å². The number of rotatable bonds is 10. The van der Waals surface area contributed by atoms with Gasteiger partial charge in [-0.25, -0.2) is 15.0 Å². The number of H-pyrrole nitrogens is 1. The molecular weight excluding hydrogens is 398 g/mol. The largest absolute Gasteiger partial charge is 0.480 e. The summed E-state index contributed by atoms with van der Waals surface area (Å²) in [6.07, 6.45) is 5.39. The van der Waals surface area contributed by atoms with Crippen molar-refractivity contribution in [2.75, 3.05) is 20.3 Å². The number of methoxy groups -OCH3 is 1. The van der Waals surface area contributed by atoms with Crippen LogP contribution in [0.3, 0.4) is 0 Å². The molecule has 0 aliphatic rings. The third-order valence-corrected chi connectivity index (χ3v) is 4.78. The van der Waals surface area contributed by atoms with Gasteiger partial charge in [0.1, 0.15) is 12.1 Å². The summed E-state index contributed by atoms with van der Waals surface area (Å²) < 4.78 is 16.1. The first-order valence-corrected chi connectivity index (χ1v) is 9.91. The normalized spacial score (nSPS) is 12.2. The van der Waals surface area contributed by atoms with Gasteiger partial charge in [-0.1, -0.05) is 18.2 Å². The molecule has 3 N–H and O–H groups in total. The molecule has 0 saturated heterocycles. The van der Waals surface area contributed by atoms with Crippen LogP contribution in [-0.2, 0) is 4.74 Å². The quantitative estimate of drug-likeness (QED) is 0.295.